The van der Waals surface area contributed by atoms with Crippen LogP contribution >= 0.6 is 11.6 Å². The summed E-state index contributed by atoms with van der Waals surface area (Å²) in [5.41, 5.74) is -0.837. The fourth-order valence-electron chi connectivity index (χ4n) is 1.40. The number of phenols is 1. The Bertz CT molecular complexity index is 579. The summed E-state index contributed by atoms with van der Waals surface area (Å²) in [6.07, 6.45) is -4.44. The molecule has 0 aromatic heterocycles. The number of rotatable bonds is 2. The van der Waals surface area contributed by atoms with E-state index in [-0.39, 0.29) is 16.5 Å². The zero-order chi connectivity index (χ0) is 14.0. The molecule has 0 aliphatic rings. The average molecular weight is 289 g/mol. The quantitative estimate of drug-likeness (QED) is 0.855. The van der Waals surface area contributed by atoms with E-state index in [0.29, 0.717) is 5.75 Å². The molecule has 0 saturated heterocycles. The lowest BCUT2D eigenvalue weighted by molar-refractivity contribution is -0.137. The summed E-state index contributed by atoms with van der Waals surface area (Å²) in [7, 11) is 0. The Hall–Kier alpha value is -1.88. The van der Waals surface area contributed by atoms with Crippen LogP contribution in [0.25, 0.3) is 0 Å². The number of phenolic OH excluding ortho intramolecular Hbond substituents is 1. The zero-order valence-corrected chi connectivity index (χ0v) is 10.2. The summed E-state index contributed by atoms with van der Waals surface area (Å²) >= 11 is 5.74. The molecule has 1 N–H and O–H groups in total. The van der Waals surface area contributed by atoms with Crippen LogP contribution in [0, 0.1) is 0 Å². The van der Waals surface area contributed by atoms with E-state index in [4.69, 9.17) is 21.4 Å². The van der Waals surface area contributed by atoms with Crippen molar-refractivity contribution >= 4 is 11.6 Å². The van der Waals surface area contributed by atoms with E-state index in [1.165, 1.54) is 24.3 Å². The van der Waals surface area contributed by atoms with E-state index in [0.717, 1.165) is 18.2 Å². The normalized spacial score (nSPS) is 11.4. The molecule has 0 atom stereocenters. The topological polar surface area (TPSA) is 29.5 Å². The molecule has 0 saturated carbocycles. The number of hydrogen-bond donors (Lipinski definition) is 1. The molecule has 0 unspecified atom stereocenters. The Balaban J connectivity index is 2.24. The van der Waals surface area contributed by atoms with E-state index in [2.05, 4.69) is 0 Å². The van der Waals surface area contributed by atoms with Crippen LogP contribution in [-0.4, -0.2) is 5.11 Å². The minimum atomic E-state index is -4.44. The first-order valence-electron chi connectivity index (χ1n) is 5.20. The SMILES string of the molecule is Oc1ccc(Oc2ccc(C(F)(F)F)cc2Cl)cc1. The van der Waals surface area contributed by atoms with Crippen LogP contribution in [0.15, 0.2) is 42.5 Å². The Morgan fingerprint density at radius 2 is 1.63 bits per heavy atom. The van der Waals surface area contributed by atoms with Crippen LogP contribution in [0.4, 0.5) is 13.2 Å². The average Bonchev–Trinajstić information content (AvgIpc) is 2.33. The van der Waals surface area contributed by atoms with Gasteiger partial charge in [-0.1, -0.05) is 11.6 Å². The smallest absolute Gasteiger partial charge is 0.416 e. The number of alkyl halides is 3. The van der Waals surface area contributed by atoms with Gasteiger partial charge in [0.1, 0.15) is 17.2 Å². The summed E-state index contributed by atoms with van der Waals surface area (Å²) in [5, 5.41) is 8.96. The molecular weight excluding hydrogens is 281 g/mol. The molecule has 0 aliphatic heterocycles. The Kier molecular flexibility index (Phi) is 3.57. The standard InChI is InChI=1S/C13H8ClF3O2/c14-11-7-8(13(15,16)17)1-6-12(11)19-10-4-2-9(18)3-5-10/h1-7,18H. The van der Waals surface area contributed by atoms with E-state index in [9.17, 15) is 13.2 Å². The van der Waals surface area contributed by atoms with Crippen molar-refractivity contribution in [1.82, 2.24) is 0 Å². The van der Waals surface area contributed by atoms with Gasteiger partial charge in [-0.2, -0.15) is 13.2 Å². The number of aromatic hydroxyl groups is 1. The summed E-state index contributed by atoms with van der Waals surface area (Å²) in [4.78, 5) is 0. The van der Waals surface area contributed by atoms with E-state index in [1.54, 1.807) is 0 Å². The molecule has 0 bridgehead atoms. The second-order valence-corrected chi connectivity index (χ2v) is 4.15. The predicted octanol–water partition coefficient (Wildman–Crippen LogP) is 4.86. The van der Waals surface area contributed by atoms with Crippen molar-refractivity contribution in [2.45, 2.75) is 6.18 Å². The maximum Gasteiger partial charge on any atom is 0.416 e. The molecule has 0 heterocycles. The molecule has 0 aliphatic carbocycles. The van der Waals surface area contributed by atoms with Crippen LogP contribution < -0.4 is 4.74 Å². The van der Waals surface area contributed by atoms with Crippen LogP contribution in [0.3, 0.4) is 0 Å². The predicted molar refractivity (Wildman–Crippen MR) is 64.6 cm³/mol. The molecule has 0 fully saturated rings. The lowest BCUT2D eigenvalue weighted by Crippen LogP contribution is -2.04. The van der Waals surface area contributed by atoms with Gasteiger partial charge < -0.3 is 9.84 Å². The number of ether oxygens (including phenoxy) is 1. The number of halogens is 4. The van der Waals surface area contributed by atoms with Crippen LogP contribution in [0.5, 0.6) is 17.2 Å². The Morgan fingerprint density at radius 1 is 1.00 bits per heavy atom. The molecule has 2 nitrogen and oxygen atoms in total. The largest absolute Gasteiger partial charge is 0.508 e. The van der Waals surface area contributed by atoms with Crippen molar-refractivity contribution in [2.24, 2.45) is 0 Å². The third kappa shape index (κ3) is 3.32. The molecule has 0 radical (unpaired) electrons. The van der Waals surface area contributed by atoms with Crippen LogP contribution in [0.1, 0.15) is 5.56 Å². The van der Waals surface area contributed by atoms with Crippen LogP contribution in [0.2, 0.25) is 5.02 Å². The molecule has 19 heavy (non-hydrogen) atoms. The number of hydrogen-bond acceptors (Lipinski definition) is 2. The van der Waals surface area contributed by atoms with Crippen molar-refractivity contribution in [3.8, 4) is 17.2 Å². The van der Waals surface area contributed by atoms with Gasteiger partial charge in [0.2, 0.25) is 0 Å². The molecule has 2 aromatic carbocycles. The monoisotopic (exact) mass is 288 g/mol. The van der Waals surface area contributed by atoms with Gasteiger partial charge in [0.25, 0.3) is 0 Å². The fourth-order valence-corrected chi connectivity index (χ4v) is 1.62. The zero-order valence-electron chi connectivity index (χ0n) is 9.41. The highest BCUT2D eigenvalue weighted by Crippen LogP contribution is 2.36. The van der Waals surface area contributed by atoms with E-state index < -0.39 is 11.7 Å². The maximum absolute atomic E-state index is 12.4. The van der Waals surface area contributed by atoms with Gasteiger partial charge in [0, 0.05) is 0 Å². The van der Waals surface area contributed by atoms with Crippen molar-refractivity contribution < 1.29 is 23.0 Å². The molecule has 100 valence electrons. The second kappa shape index (κ2) is 5.01. The first kappa shape index (κ1) is 13.5. The number of benzene rings is 2. The third-order valence-corrected chi connectivity index (χ3v) is 2.62. The molecular formula is C13H8ClF3O2. The van der Waals surface area contributed by atoms with E-state index in [1.807, 2.05) is 0 Å². The van der Waals surface area contributed by atoms with Gasteiger partial charge in [-0.05, 0) is 42.5 Å². The van der Waals surface area contributed by atoms with Gasteiger partial charge in [-0.25, -0.2) is 0 Å². The minimum absolute atomic E-state index is 0.0610. The molecule has 0 spiro atoms. The van der Waals surface area contributed by atoms with Gasteiger partial charge in [0.15, 0.2) is 0 Å². The maximum atomic E-state index is 12.4. The van der Waals surface area contributed by atoms with Crippen molar-refractivity contribution in [2.75, 3.05) is 0 Å². The first-order chi connectivity index (χ1) is 8.86. The highest BCUT2D eigenvalue weighted by atomic mass is 35.5. The lowest BCUT2D eigenvalue weighted by Gasteiger charge is -2.11. The van der Waals surface area contributed by atoms with Crippen molar-refractivity contribution in [3.05, 3.63) is 53.1 Å². The Morgan fingerprint density at radius 3 is 2.16 bits per heavy atom. The van der Waals surface area contributed by atoms with Gasteiger partial charge >= 0.3 is 6.18 Å². The summed E-state index contributed by atoms with van der Waals surface area (Å²) in [5.74, 6) is 0.533. The molecule has 2 rings (SSSR count). The summed E-state index contributed by atoms with van der Waals surface area (Å²) in [6.45, 7) is 0. The fraction of sp³-hybridized carbons (Fsp3) is 0.0769. The van der Waals surface area contributed by atoms with Crippen molar-refractivity contribution in [3.63, 3.8) is 0 Å². The highest BCUT2D eigenvalue weighted by Gasteiger charge is 2.31. The Labute approximate surface area is 112 Å². The van der Waals surface area contributed by atoms with Crippen molar-refractivity contribution in [1.29, 1.82) is 0 Å². The van der Waals surface area contributed by atoms with E-state index >= 15 is 0 Å². The molecule has 6 heteroatoms. The van der Waals surface area contributed by atoms with Gasteiger partial charge in [-0.15, -0.1) is 0 Å². The van der Waals surface area contributed by atoms with Crippen LogP contribution in [-0.2, 0) is 6.18 Å². The van der Waals surface area contributed by atoms with Gasteiger partial charge in [0.05, 0.1) is 10.6 Å². The van der Waals surface area contributed by atoms with Gasteiger partial charge in [-0.3, -0.25) is 0 Å². The minimum Gasteiger partial charge on any atom is -0.508 e. The molecule has 0 amide bonds. The first-order valence-corrected chi connectivity index (χ1v) is 5.58. The second-order valence-electron chi connectivity index (χ2n) is 3.74. The molecule has 2 aromatic rings. The lowest BCUT2D eigenvalue weighted by atomic mass is 10.2. The summed E-state index contributed by atoms with van der Waals surface area (Å²) in [6, 6.07) is 8.59. The highest BCUT2D eigenvalue weighted by molar-refractivity contribution is 6.32. The third-order valence-electron chi connectivity index (χ3n) is 2.32. The summed E-state index contributed by atoms with van der Waals surface area (Å²) < 4.78 is 42.7.